The standard InChI is InChI=1S/C51H32N4S/c1-3-16-36(17-4-1)53-44-23-10-9-22-40(44)42-30-43-41-29-34(26-27-47(41)54(49(43)31-48(42)53)37-18-5-2-6-19-37)33-14-13-15-35(28-33)51-52-32-50(56-51)55-45-24-11-7-20-38(45)39-21-8-12-25-46(39)55/h1-32H. The molecule has 5 heteroatoms. The van der Waals surface area contributed by atoms with E-state index in [0.717, 1.165) is 26.9 Å². The van der Waals surface area contributed by atoms with Crippen LogP contribution in [0.4, 0.5) is 0 Å². The van der Waals surface area contributed by atoms with Crippen molar-refractivity contribution in [3.63, 3.8) is 0 Å². The van der Waals surface area contributed by atoms with Crippen LogP contribution in [-0.4, -0.2) is 18.7 Å². The summed E-state index contributed by atoms with van der Waals surface area (Å²) in [5.74, 6) is 0. The first kappa shape index (κ1) is 31.2. The predicted octanol–water partition coefficient (Wildman–Crippen LogP) is 13.8. The molecule has 4 heterocycles. The van der Waals surface area contributed by atoms with Crippen molar-refractivity contribution < 1.29 is 0 Å². The van der Waals surface area contributed by atoms with Gasteiger partial charge in [-0.25, -0.2) is 4.98 Å². The molecule has 0 unspecified atom stereocenters. The molecule has 0 amide bonds. The van der Waals surface area contributed by atoms with Gasteiger partial charge in [-0.15, -0.1) is 0 Å². The lowest BCUT2D eigenvalue weighted by atomic mass is 10.0. The monoisotopic (exact) mass is 732 g/mol. The van der Waals surface area contributed by atoms with Gasteiger partial charge >= 0.3 is 0 Å². The van der Waals surface area contributed by atoms with Crippen molar-refractivity contribution in [1.29, 1.82) is 0 Å². The fourth-order valence-electron chi connectivity index (χ4n) is 8.87. The zero-order chi connectivity index (χ0) is 36.7. The average molecular weight is 733 g/mol. The van der Waals surface area contributed by atoms with Crippen molar-refractivity contribution in [2.24, 2.45) is 0 Å². The number of nitrogens with zero attached hydrogens (tertiary/aromatic N) is 4. The van der Waals surface area contributed by atoms with E-state index in [2.05, 4.69) is 202 Å². The lowest BCUT2D eigenvalue weighted by molar-refractivity contribution is 1.16. The van der Waals surface area contributed by atoms with Gasteiger partial charge in [-0.1, -0.05) is 127 Å². The minimum Gasteiger partial charge on any atom is -0.309 e. The van der Waals surface area contributed by atoms with E-state index in [1.165, 1.54) is 76.5 Å². The quantitative estimate of drug-likeness (QED) is 0.173. The lowest BCUT2D eigenvalue weighted by Crippen LogP contribution is -1.95. The molecule has 0 radical (unpaired) electrons. The number of hydrogen-bond acceptors (Lipinski definition) is 2. The third-order valence-electron chi connectivity index (χ3n) is 11.3. The number of aromatic nitrogens is 4. The number of thiazole rings is 1. The number of hydrogen-bond donors (Lipinski definition) is 0. The Morgan fingerprint density at radius 1 is 0.321 bits per heavy atom. The first-order chi connectivity index (χ1) is 27.8. The normalized spacial score (nSPS) is 11.9. The van der Waals surface area contributed by atoms with E-state index in [0.29, 0.717) is 0 Å². The number of benzene rings is 8. The molecule has 262 valence electrons. The Bertz CT molecular complexity index is 3420. The van der Waals surface area contributed by atoms with Gasteiger partial charge in [0.15, 0.2) is 0 Å². The van der Waals surface area contributed by atoms with Crippen LogP contribution in [0, 0.1) is 0 Å². The van der Waals surface area contributed by atoms with Crippen LogP contribution in [-0.2, 0) is 0 Å². The zero-order valence-corrected chi connectivity index (χ0v) is 31.0. The fourth-order valence-corrected chi connectivity index (χ4v) is 9.81. The Labute approximate surface area is 326 Å². The highest BCUT2D eigenvalue weighted by Crippen LogP contribution is 2.42. The molecule has 12 rings (SSSR count). The van der Waals surface area contributed by atoms with Crippen molar-refractivity contribution in [3.8, 4) is 38.1 Å². The summed E-state index contributed by atoms with van der Waals surface area (Å²) in [7, 11) is 0. The molecular formula is C51H32N4S. The van der Waals surface area contributed by atoms with Crippen molar-refractivity contribution in [2.75, 3.05) is 0 Å². The van der Waals surface area contributed by atoms with E-state index in [1.54, 1.807) is 11.3 Å². The molecule has 0 aliphatic heterocycles. The Balaban J connectivity index is 1.03. The van der Waals surface area contributed by atoms with Crippen molar-refractivity contribution in [1.82, 2.24) is 18.7 Å². The first-order valence-corrected chi connectivity index (χ1v) is 19.8. The minimum absolute atomic E-state index is 1.00. The van der Waals surface area contributed by atoms with Crippen molar-refractivity contribution in [2.45, 2.75) is 0 Å². The molecule has 0 bridgehead atoms. The summed E-state index contributed by atoms with van der Waals surface area (Å²) in [6, 6.07) is 68.1. The van der Waals surface area contributed by atoms with Gasteiger partial charge in [0.25, 0.3) is 0 Å². The Morgan fingerprint density at radius 2 is 0.804 bits per heavy atom. The summed E-state index contributed by atoms with van der Waals surface area (Å²) in [5.41, 5.74) is 12.9. The SMILES string of the molecule is c1ccc(-n2c3ccccc3c3cc4c5cc(-c6cccc(-c7ncc(-n8c9ccccc9c9ccccc98)s7)c6)ccc5n(-c5ccccc5)c4cc32)cc1. The number of para-hydroxylation sites is 5. The lowest BCUT2D eigenvalue weighted by Gasteiger charge is -2.10. The molecule has 56 heavy (non-hydrogen) atoms. The summed E-state index contributed by atoms with van der Waals surface area (Å²) < 4.78 is 7.17. The van der Waals surface area contributed by atoms with Gasteiger partial charge in [-0.05, 0) is 83.9 Å². The van der Waals surface area contributed by atoms with Gasteiger partial charge < -0.3 is 9.13 Å². The fraction of sp³-hybridized carbons (Fsp3) is 0. The number of fused-ring (bicyclic) bond motifs is 9. The summed E-state index contributed by atoms with van der Waals surface area (Å²) in [6.45, 7) is 0. The molecule has 8 aromatic carbocycles. The maximum atomic E-state index is 4.99. The molecule has 0 N–H and O–H groups in total. The maximum Gasteiger partial charge on any atom is 0.125 e. The molecule has 0 spiro atoms. The van der Waals surface area contributed by atoms with Crippen LogP contribution in [0.15, 0.2) is 194 Å². The second-order valence-electron chi connectivity index (χ2n) is 14.4. The van der Waals surface area contributed by atoms with Gasteiger partial charge in [0, 0.05) is 49.3 Å². The summed E-state index contributed by atoms with van der Waals surface area (Å²) in [6.07, 6.45) is 2.02. The molecular weight excluding hydrogens is 701 g/mol. The third-order valence-corrected chi connectivity index (χ3v) is 12.4. The Hall–Kier alpha value is -7.21. The second-order valence-corrected chi connectivity index (χ2v) is 15.4. The van der Waals surface area contributed by atoms with Crippen LogP contribution in [0.1, 0.15) is 0 Å². The molecule has 4 aromatic heterocycles. The smallest absolute Gasteiger partial charge is 0.125 e. The highest BCUT2D eigenvalue weighted by atomic mass is 32.1. The molecule has 0 fully saturated rings. The van der Waals surface area contributed by atoms with Gasteiger partial charge in [-0.3, -0.25) is 4.57 Å². The number of rotatable bonds is 5. The van der Waals surface area contributed by atoms with Crippen LogP contribution >= 0.6 is 11.3 Å². The highest BCUT2D eigenvalue weighted by Gasteiger charge is 2.20. The van der Waals surface area contributed by atoms with Crippen LogP contribution in [0.25, 0.3) is 103 Å². The van der Waals surface area contributed by atoms with E-state index in [-0.39, 0.29) is 0 Å². The largest absolute Gasteiger partial charge is 0.309 e. The van der Waals surface area contributed by atoms with Crippen molar-refractivity contribution in [3.05, 3.63) is 194 Å². The van der Waals surface area contributed by atoms with E-state index in [1.807, 2.05) is 6.20 Å². The summed E-state index contributed by atoms with van der Waals surface area (Å²) >= 11 is 1.73. The van der Waals surface area contributed by atoms with Crippen LogP contribution in [0.5, 0.6) is 0 Å². The van der Waals surface area contributed by atoms with Gasteiger partial charge in [0.1, 0.15) is 10.0 Å². The summed E-state index contributed by atoms with van der Waals surface area (Å²) in [5, 5.41) is 9.59. The Kier molecular flexibility index (Phi) is 6.76. The molecule has 0 aliphatic carbocycles. The van der Waals surface area contributed by atoms with Crippen LogP contribution in [0.2, 0.25) is 0 Å². The van der Waals surface area contributed by atoms with Gasteiger partial charge in [0.2, 0.25) is 0 Å². The summed E-state index contributed by atoms with van der Waals surface area (Å²) in [4.78, 5) is 4.99. The minimum atomic E-state index is 1.00. The molecule has 0 atom stereocenters. The van der Waals surface area contributed by atoms with E-state index in [4.69, 9.17) is 4.98 Å². The molecule has 0 saturated heterocycles. The van der Waals surface area contributed by atoms with E-state index >= 15 is 0 Å². The molecule has 12 aromatic rings. The van der Waals surface area contributed by atoms with Gasteiger partial charge in [0.05, 0.1) is 39.3 Å². The molecule has 0 saturated carbocycles. The topological polar surface area (TPSA) is 27.7 Å². The maximum absolute atomic E-state index is 4.99. The zero-order valence-electron chi connectivity index (χ0n) is 30.2. The van der Waals surface area contributed by atoms with Crippen LogP contribution < -0.4 is 0 Å². The predicted molar refractivity (Wildman–Crippen MR) is 236 cm³/mol. The van der Waals surface area contributed by atoms with E-state index < -0.39 is 0 Å². The average Bonchev–Trinajstić information content (AvgIpc) is 4.03. The Morgan fingerprint density at radius 3 is 1.45 bits per heavy atom. The molecule has 4 nitrogen and oxygen atoms in total. The van der Waals surface area contributed by atoms with Gasteiger partial charge in [-0.2, -0.15) is 0 Å². The third kappa shape index (κ3) is 4.62. The first-order valence-electron chi connectivity index (χ1n) is 19.0. The highest BCUT2D eigenvalue weighted by molar-refractivity contribution is 7.17. The second kappa shape index (κ2) is 12.2. The molecule has 0 aliphatic rings. The van der Waals surface area contributed by atoms with E-state index in [9.17, 15) is 0 Å². The van der Waals surface area contributed by atoms with Crippen LogP contribution in [0.3, 0.4) is 0 Å². The van der Waals surface area contributed by atoms with Crippen molar-refractivity contribution >= 4 is 76.8 Å².